The third-order valence-electron chi connectivity index (χ3n) is 3.08. The lowest BCUT2D eigenvalue weighted by molar-refractivity contribution is 0.238. The summed E-state index contributed by atoms with van der Waals surface area (Å²) < 4.78 is 5.07. The van der Waals surface area contributed by atoms with E-state index in [1.165, 1.54) is 0 Å². The van der Waals surface area contributed by atoms with Crippen molar-refractivity contribution in [1.82, 2.24) is 0 Å². The maximum atomic E-state index is 10.1. The van der Waals surface area contributed by atoms with Gasteiger partial charge in [-0.2, -0.15) is 0 Å². The number of nitrogens with zero attached hydrogens (tertiary/aromatic N) is 3. The molecule has 5 nitrogen and oxygen atoms in total. The molecule has 110 valence electrons. The highest BCUT2D eigenvalue weighted by atomic mass is 16.5. The largest absolute Gasteiger partial charge is 0.497 e. The number of rotatable bonds is 3. The Balaban J connectivity index is 2.28. The van der Waals surface area contributed by atoms with E-state index in [0.29, 0.717) is 22.6 Å². The highest BCUT2D eigenvalue weighted by Crippen LogP contribution is 2.21. The Bertz CT molecular complexity index is 767. The molecule has 1 N–H and O–H groups in total. The summed E-state index contributed by atoms with van der Waals surface area (Å²) in [5.74, 6) is 6.35. The quantitative estimate of drug-likeness (QED) is 0.401. The van der Waals surface area contributed by atoms with Crippen LogP contribution < -0.4 is 4.74 Å². The summed E-state index contributed by atoms with van der Waals surface area (Å²) in [6.45, 7) is 1.92. The minimum absolute atomic E-state index is 0.447. The van der Waals surface area contributed by atoms with Crippen molar-refractivity contribution in [2.24, 2.45) is 5.11 Å². The molecule has 0 heterocycles. The van der Waals surface area contributed by atoms with Crippen LogP contribution in [-0.4, -0.2) is 12.2 Å². The van der Waals surface area contributed by atoms with Gasteiger partial charge in [0.05, 0.1) is 12.8 Å². The van der Waals surface area contributed by atoms with Gasteiger partial charge in [0, 0.05) is 10.5 Å². The lowest BCUT2D eigenvalue weighted by Gasteiger charge is -2.05. The number of methoxy groups -OCH3 is 1. The third-order valence-corrected chi connectivity index (χ3v) is 3.08. The molecule has 0 fully saturated rings. The standard InChI is InChI=1S/C17H15N3O2/c1-12-3-9-16(19-20-18)14(11-12)6-10-17(21)13-4-7-15(22-2)8-5-13/h3-5,7-9,11,17,21H,1-2H3. The topological polar surface area (TPSA) is 78.2 Å². The van der Waals surface area contributed by atoms with Crippen LogP contribution in [0.3, 0.4) is 0 Å². The average Bonchev–Trinajstić information content (AvgIpc) is 2.55. The van der Waals surface area contributed by atoms with Crippen LogP contribution in [0.2, 0.25) is 0 Å². The molecule has 22 heavy (non-hydrogen) atoms. The Labute approximate surface area is 128 Å². The molecule has 0 bridgehead atoms. The SMILES string of the molecule is COc1ccc(C(O)C#Cc2cc(C)ccc2N=[N+]=[N-])cc1. The van der Waals surface area contributed by atoms with E-state index in [-0.39, 0.29) is 0 Å². The van der Waals surface area contributed by atoms with Gasteiger partial charge in [-0.1, -0.05) is 41.2 Å². The number of benzene rings is 2. The Morgan fingerprint density at radius 2 is 1.95 bits per heavy atom. The number of aryl methyl sites for hydroxylation is 1. The molecular weight excluding hydrogens is 278 g/mol. The van der Waals surface area contributed by atoms with Crippen LogP contribution in [0.15, 0.2) is 47.6 Å². The predicted octanol–water partition coefficient (Wildman–Crippen LogP) is 4.03. The van der Waals surface area contributed by atoms with Crippen molar-refractivity contribution in [3.8, 4) is 17.6 Å². The fourth-order valence-electron chi connectivity index (χ4n) is 1.90. The normalized spacial score (nSPS) is 10.9. The van der Waals surface area contributed by atoms with Crippen molar-refractivity contribution in [2.45, 2.75) is 13.0 Å². The summed E-state index contributed by atoms with van der Waals surface area (Å²) in [7, 11) is 1.58. The molecular formula is C17H15N3O2. The Hall–Kier alpha value is -2.93. The molecule has 0 aliphatic carbocycles. The van der Waals surface area contributed by atoms with E-state index >= 15 is 0 Å². The van der Waals surface area contributed by atoms with E-state index in [9.17, 15) is 5.11 Å². The summed E-state index contributed by atoms with van der Waals surface area (Å²) in [4.78, 5) is 2.78. The summed E-state index contributed by atoms with van der Waals surface area (Å²) in [6.07, 6.45) is -0.926. The lowest BCUT2D eigenvalue weighted by Crippen LogP contribution is -1.94. The van der Waals surface area contributed by atoms with Crippen LogP contribution in [0.5, 0.6) is 5.75 Å². The molecule has 0 saturated heterocycles. The second kappa shape index (κ2) is 7.19. The van der Waals surface area contributed by atoms with Crippen molar-refractivity contribution < 1.29 is 9.84 Å². The van der Waals surface area contributed by atoms with Crippen molar-refractivity contribution in [3.63, 3.8) is 0 Å². The predicted molar refractivity (Wildman–Crippen MR) is 84.8 cm³/mol. The zero-order valence-electron chi connectivity index (χ0n) is 12.3. The number of hydrogen-bond donors (Lipinski definition) is 1. The number of aliphatic hydroxyl groups excluding tert-OH is 1. The van der Waals surface area contributed by atoms with Gasteiger partial charge in [-0.25, -0.2) is 0 Å². The molecule has 2 aromatic carbocycles. The van der Waals surface area contributed by atoms with Gasteiger partial charge in [-0.05, 0) is 41.8 Å². The second-order valence-corrected chi connectivity index (χ2v) is 4.66. The maximum absolute atomic E-state index is 10.1. The average molecular weight is 293 g/mol. The van der Waals surface area contributed by atoms with Crippen LogP contribution in [0.4, 0.5) is 5.69 Å². The Morgan fingerprint density at radius 1 is 1.23 bits per heavy atom. The van der Waals surface area contributed by atoms with Gasteiger partial charge in [-0.15, -0.1) is 0 Å². The third kappa shape index (κ3) is 3.80. The van der Waals surface area contributed by atoms with Crippen molar-refractivity contribution >= 4 is 5.69 Å². The molecule has 0 radical (unpaired) electrons. The molecule has 1 atom stereocenters. The van der Waals surface area contributed by atoms with Crippen molar-refractivity contribution in [2.75, 3.05) is 7.11 Å². The zero-order valence-corrected chi connectivity index (χ0v) is 12.3. The number of aliphatic hydroxyl groups is 1. The number of ether oxygens (including phenoxy) is 1. The first-order valence-corrected chi connectivity index (χ1v) is 6.63. The first kappa shape index (κ1) is 15.5. The molecule has 2 rings (SSSR count). The van der Waals surface area contributed by atoms with Crippen molar-refractivity contribution in [1.29, 1.82) is 0 Å². The molecule has 0 spiro atoms. The number of azide groups is 1. The molecule has 2 aromatic rings. The van der Waals surface area contributed by atoms with Gasteiger partial charge < -0.3 is 9.84 Å². The molecule has 0 aliphatic heterocycles. The van der Waals surface area contributed by atoms with Gasteiger partial charge >= 0.3 is 0 Å². The molecule has 0 amide bonds. The van der Waals surface area contributed by atoms with E-state index in [1.54, 1.807) is 37.4 Å². The van der Waals surface area contributed by atoms with Crippen molar-refractivity contribution in [3.05, 3.63) is 69.6 Å². The molecule has 0 aromatic heterocycles. The smallest absolute Gasteiger partial charge is 0.140 e. The van der Waals surface area contributed by atoms with Crippen LogP contribution in [0, 0.1) is 18.8 Å². The summed E-state index contributed by atoms with van der Waals surface area (Å²) in [5, 5.41) is 13.7. The zero-order chi connectivity index (χ0) is 15.9. The second-order valence-electron chi connectivity index (χ2n) is 4.66. The number of hydrogen-bond acceptors (Lipinski definition) is 3. The van der Waals surface area contributed by atoms with Crippen LogP contribution in [0.25, 0.3) is 10.4 Å². The minimum atomic E-state index is -0.926. The maximum Gasteiger partial charge on any atom is 0.140 e. The van der Waals surface area contributed by atoms with Gasteiger partial charge in [-0.3, -0.25) is 0 Å². The summed E-state index contributed by atoms with van der Waals surface area (Å²) >= 11 is 0. The summed E-state index contributed by atoms with van der Waals surface area (Å²) in [5.41, 5.74) is 11.3. The van der Waals surface area contributed by atoms with Gasteiger partial charge in [0.15, 0.2) is 0 Å². The molecule has 0 aliphatic rings. The Kier molecular flexibility index (Phi) is 5.05. The van der Waals surface area contributed by atoms with E-state index < -0.39 is 6.10 Å². The van der Waals surface area contributed by atoms with Crippen LogP contribution in [-0.2, 0) is 0 Å². The monoisotopic (exact) mass is 293 g/mol. The summed E-state index contributed by atoms with van der Waals surface area (Å²) in [6, 6.07) is 12.4. The van der Waals surface area contributed by atoms with E-state index in [0.717, 1.165) is 5.56 Å². The first-order chi connectivity index (χ1) is 10.6. The lowest BCUT2D eigenvalue weighted by atomic mass is 10.1. The van der Waals surface area contributed by atoms with E-state index in [1.807, 2.05) is 19.1 Å². The molecule has 1 unspecified atom stereocenters. The Morgan fingerprint density at radius 3 is 2.59 bits per heavy atom. The molecule has 0 saturated carbocycles. The highest BCUT2D eigenvalue weighted by molar-refractivity contribution is 5.56. The van der Waals surface area contributed by atoms with Crippen LogP contribution in [0.1, 0.15) is 22.8 Å². The fourth-order valence-corrected chi connectivity index (χ4v) is 1.90. The van der Waals surface area contributed by atoms with Gasteiger partial charge in [0.2, 0.25) is 0 Å². The fraction of sp³-hybridized carbons (Fsp3) is 0.176. The van der Waals surface area contributed by atoms with E-state index in [4.69, 9.17) is 10.3 Å². The highest BCUT2D eigenvalue weighted by Gasteiger charge is 2.04. The van der Waals surface area contributed by atoms with Gasteiger partial charge in [0.25, 0.3) is 0 Å². The van der Waals surface area contributed by atoms with E-state index in [2.05, 4.69) is 21.9 Å². The van der Waals surface area contributed by atoms with Crippen LogP contribution >= 0.6 is 0 Å². The minimum Gasteiger partial charge on any atom is -0.497 e. The van der Waals surface area contributed by atoms with Gasteiger partial charge in [0.1, 0.15) is 11.9 Å². The molecule has 5 heteroatoms. The first-order valence-electron chi connectivity index (χ1n) is 6.63.